The molecule has 2 aliphatic rings. The molecule has 0 atom stereocenters. The number of nitrogens with zero attached hydrogens (tertiary/aromatic N) is 4. The number of anilines is 2. The lowest BCUT2D eigenvalue weighted by Gasteiger charge is -2.19. The van der Waals surface area contributed by atoms with Crippen molar-refractivity contribution in [2.75, 3.05) is 29.6 Å². The van der Waals surface area contributed by atoms with E-state index in [1.807, 2.05) is 24.3 Å². The number of amidine groups is 1. The average Bonchev–Trinajstić information content (AvgIpc) is 3.54. The Morgan fingerprint density at radius 2 is 2.00 bits per heavy atom. The summed E-state index contributed by atoms with van der Waals surface area (Å²) in [4.78, 5) is 29.7. The predicted octanol–water partition coefficient (Wildman–Crippen LogP) is 3.82. The second-order valence-electron chi connectivity index (χ2n) is 8.41. The van der Waals surface area contributed by atoms with Crippen molar-refractivity contribution in [2.24, 2.45) is 0 Å². The van der Waals surface area contributed by atoms with E-state index in [1.165, 1.54) is 11.3 Å². The van der Waals surface area contributed by atoms with Crippen LogP contribution in [0.4, 0.5) is 11.5 Å². The van der Waals surface area contributed by atoms with E-state index < -0.39 is 10.1 Å². The molecule has 1 saturated heterocycles. The van der Waals surface area contributed by atoms with Crippen molar-refractivity contribution < 1.29 is 27.3 Å². The van der Waals surface area contributed by atoms with Crippen LogP contribution in [-0.4, -0.2) is 65.3 Å². The zero-order valence-corrected chi connectivity index (χ0v) is 22.7. The normalized spacial score (nSPS) is 14.3. The Balaban J connectivity index is 0.000000644. The highest BCUT2D eigenvalue weighted by atomic mass is 35.5. The van der Waals surface area contributed by atoms with Crippen LogP contribution in [0.15, 0.2) is 36.4 Å². The van der Waals surface area contributed by atoms with Gasteiger partial charge in [0.2, 0.25) is 0 Å². The first-order valence-electron chi connectivity index (χ1n) is 11.1. The first-order chi connectivity index (χ1) is 17.9. The number of aryl methyl sites for hydroxylation is 1. The maximum absolute atomic E-state index is 13.2. The van der Waals surface area contributed by atoms with Crippen LogP contribution in [-0.2, 0) is 27.9 Å². The number of benzene rings is 1. The van der Waals surface area contributed by atoms with Gasteiger partial charge in [-0.15, -0.1) is 16.4 Å². The third kappa shape index (κ3) is 7.29. The topological polar surface area (TPSA) is 166 Å². The van der Waals surface area contributed by atoms with Crippen molar-refractivity contribution in [3.05, 3.63) is 68.0 Å². The SMILES string of the molecule is C.CS(=O)(=O)O.Cc1nnc(NC(=O)c2ccc(Cl)s2)c2c1C(=O)N(Cc1cccc(N3CCOC3=N)c1)C2. The Labute approximate surface area is 234 Å². The van der Waals surface area contributed by atoms with Gasteiger partial charge in [-0.05, 0) is 36.8 Å². The fourth-order valence-corrected chi connectivity index (χ4v) is 4.91. The molecule has 39 heavy (non-hydrogen) atoms. The number of nitrogens with one attached hydrogen (secondary N) is 2. The molecular weight excluding hydrogens is 568 g/mol. The molecule has 0 radical (unpaired) electrons. The summed E-state index contributed by atoms with van der Waals surface area (Å²) in [7, 11) is -3.67. The minimum Gasteiger partial charge on any atom is -0.463 e. The molecule has 3 N–H and O–H groups in total. The van der Waals surface area contributed by atoms with Gasteiger partial charge in [0.25, 0.3) is 28.0 Å². The number of aromatic nitrogens is 2. The van der Waals surface area contributed by atoms with Crippen molar-refractivity contribution in [1.29, 1.82) is 5.41 Å². The molecule has 3 aromatic rings. The van der Waals surface area contributed by atoms with E-state index in [-0.39, 0.29) is 31.1 Å². The zero-order chi connectivity index (χ0) is 27.6. The van der Waals surface area contributed by atoms with Gasteiger partial charge in [0.1, 0.15) is 6.61 Å². The molecule has 2 aliphatic heterocycles. The monoisotopic (exact) mass is 594 g/mol. The zero-order valence-electron chi connectivity index (χ0n) is 20.3. The number of ether oxygens (including phenoxy) is 1. The summed E-state index contributed by atoms with van der Waals surface area (Å²) in [6.07, 6.45) is 0.715. The smallest absolute Gasteiger partial charge is 0.289 e. The Kier molecular flexibility index (Phi) is 9.27. The van der Waals surface area contributed by atoms with Gasteiger partial charge in [-0.3, -0.25) is 24.5 Å². The van der Waals surface area contributed by atoms with Crippen molar-refractivity contribution in [2.45, 2.75) is 27.4 Å². The van der Waals surface area contributed by atoms with Gasteiger partial charge in [0.15, 0.2) is 5.82 Å². The quantitative estimate of drug-likeness (QED) is 0.372. The standard InChI is InChI=1S/C22H19ClN6O3S.CH4O3S.CH4/c1-12-18-15(19(27-26-12)25-20(30)16-5-6-17(23)33-16)11-28(21(18)31)10-13-3-2-4-14(9-13)29-7-8-32-22(29)24;1-5(2,3)4;/h2-6,9,24H,7-8,10-11H2,1H3,(H,25,27,30);1H3,(H,2,3,4);1H4. The lowest BCUT2D eigenvalue weighted by molar-refractivity contribution is 0.0766. The van der Waals surface area contributed by atoms with Crippen LogP contribution in [0.5, 0.6) is 0 Å². The van der Waals surface area contributed by atoms with Gasteiger partial charge in [-0.2, -0.15) is 13.5 Å². The van der Waals surface area contributed by atoms with E-state index >= 15 is 0 Å². The largest absolute Gasteiger partial charge is 0.463 e. The number of carbonyl (C=O) groups is 2. The van der Waals surface area contributed by atoms with E-state index in [2.05, 4.69) is 15.5 Å². The summed E-state index contributed by atoms with van der Waals surface area (Å²) < 4.78 is 31.6. The van der Waals surface area contributed by atoms with Crippen LogP contribution >= 0.6 is 22.9 Å². The van der Waals surface area contributed by atoms with Crippen LogP contribution in [0.25, 0.3) is 0 Å². The second-order valence-corrected chi connectivity index (χ2v) is 11.6. The highest BCUT2D eigenvalue weighted by Crippen LogP contribution is 2.32. The Morgan fingerprint density at radius 1 is 1.28 bits per heavy atom. The molecule has 0 saturated carbocycles. The molecule has 0 unspecified atom stereocenters. The molecule has 15 heteroatoms. The molecule has 5 rings (SSSR count). The molecule has 4 heterocycles. The Hall–Kier alpha value is -3.59. The summed E-state index contributed by atoms with van der Waals surface area (Å²) in [5.74, 6) is -0.228. The van der Waals surface area contributed by atoms with Crippen LogP contribution < -0.4 is 10.2 Å². The van der Waals surface area contributed by atoms with Crippen molar-refractivity contribution >= 4 is 62.4 Å². The number of halogens is 1. The lowest BCUT2D eigenvalue weighted by atomic mass is 10.1. The molecule has 0 aliphatic carbocycles. The van der Waals surface area contributed by atoms with Crippen molar-refractivity contribution in [3.63, 3.8) is 0 Å². The fraction of sp³-hybridized carbons (Fsp3) is 0.292. The van der Waals surface area contributed by atoms with E-state index in [0.717, 1.165) is 11.3 Å². The first-order valence-corrected chi connectivity index (χ1v) is 14.2. The minimum absolute atomic E-state index is 0. The van der Waals surface area contributed by atoms with Gasteiger partial charge in [-0.1, -0.05) is 31.2 Å². The highest BCUT2D eigenvalue weighted by molar-refractivity contribution is 7.85. The minimum atomic E-state index is -3.67. The van der Waals surface area contributed by atoms with E-state index in [1.54, 1.807) is 28.9 Å². The molecule has 0 spiro atoms. The lowest BCUT2D eigenvalue weighted by Crippen LogP contribution is -2.25. The number of hydrogen-bond donors (Lipinski definition) is 3. The Bertz CT molecular complexity index is 1520. The molecule has 0 bridgehead atoms. The van der Waals surface area contributed by atoms with Crippen LogP contribution in [0, 0.1) is 12.3 Å². The first kappa shape index (κ1) is 30.0. The fourth-order valence-electron chi connectivity index (χ4n) is 3.97. The third-order valence-electron chi connectivity index (χ3n) is 5.52. The molecule has 2 aromatic heterocycles. The number of rotatable bonds is 5. The molecule has 1 aromatic carbocycles. The van der Waals surface area contributed by atoms with Gasteiger partial charge >= 0.3 is 0 Å². The molecule has 208 valence electrons. The van der Waals surface area contributed by atoms with E-state index in [9.17, 15) is 18.0 Å². The van der Waals surface area contributed by atoms with Gasteiger partial charge < -0.3 is 15.0 Å². The van der Waals surface area contributed by atoms with Crippen LogP contribution in [0.3, 0.4) is 0 Å². The van der Waals surface area contributed by atoms with Crippen LogP contribution in [0.1, 0.15) is 44.3 Å². The summed E-state index contributed by atoms with van der Waals surface area (Å²) in [5.41, 5.74) is 3.41. The predicted molar refractivity (Wildman–Crippen MR) is 149 cm³/mol. The molecular formula is C24H27ClN6O6S2. The number of thiophene rings is 1. The Morgan fingerprint density at radius 3 is 2.62 bits per heavy atom. The van der Waals surface area contributed by atoms with Crippen molar-refractivity contribution in [3.8, 4) is 0 Å². The number of carbonyl (C=O) groups excluding carboxylic acids is 2. The third-order valence-corrected chi connectivity index (χ3v) is 6.75. The van der Waals surface area contributed by atoms with Gasteiger partial charge in [0, 0.05) is 17.8 Å². The summed E-state index contributed by atoms with van der Waals surface area (Å²) >= 11 is 7.10. The maximum Gasteiger partial charge on any atom is 0.289 e. The summed E-state index contributed by atoms with van der Waals surface area (Å²) in [6, 6.07) is 11.1. The van der Waals surface area contributed by atoms with Gasteiger partial charge in [-0.25, -0.2) is 0 Å². The van der Waals surface area contributed by atoms with E-state index in [4.69, 9.17) is 26.3 Å². The summed E-state index contributed by atoms with van der Waals surface area (Å²) in [5, 5.41) is 18.9. The number of fused-ring (bicyclic) bond motifs is 1. The molecule has 1 fully saturated rings. The highest BCUT2D eigenvalue weighted by Gasteiger charge is 2.33. The average molecular weight is 595 g/mol. The molecule has 12 nitrogen and oxygen atoms in total. The number of hydrogen-bond acceptors (Lipinski definition) is 9. The maximum atomic E-state index is 13.2. The second kappa shape index (κ2) is 12.1. The summed E-state index contributed by atoms with van der Waals surface area (Å²) in [6.45, 7) is 3.51. The molecule has 2 amide bonds. The number of amides is 2. The van der Waals surface area contributed by atoms with Crippen molar-refractivity contribution in [1.82, 2.24) is 15.1 Å². The van der Waals surface area contributed by atoms with Crippen LogP contribution in [0.2, 0.25) is 4.34 Å². The van der Waals surface area contributed by atoms with E-state index in [0.29, 0.717) is 58.5 Å². The van der Waals surface area contributed by atoms with Gasteiger partial charge in [0.05, 0.1) is 39.8 Å².